The first kappa shape index (κ1) is 9.78. The molecule has 1 aliphatic carbocycles. The number of aryl methyl sites for hydroxylation is 2. The molecule has 0 spiro atoms. The molecule has 0 aromatic carbocycles. The van der Waals surface area contributed by atoms with Gasteiger partial charge in [0.15, 0.2) is 0 Å². The smallest absolute Gasteiger partial charge is 0.121 e. The fraction of sp³-hybridized carbons (Fsp3) is 0.667. The van der Waals surface area contributed by atoms with Gasteiger partial charge in [0.05, 0.1) is 6.04 Å². The number of furan rings is 1. The van der Waals surface area contributed by atoms with Gasteiger partial charge in [0.25, 0.3) is 0 Å². The molecule has 1 aromatic rings. The largest absolute Gasteiger partial charge is 0.464 e. The van der Waals surface area contributed by atoms with E-state index in [1.807, 2.05) is 6.92 Å². The maximum absolute atomic E-state index is 6.15. The van der Waals surface area contributed by atoms with E-state index in [0.29, 0.717) is 5.92 Å². The number of hydrogen-bond donors (Lipinski definition) is 1. The Morgan fingerprint density at radius 3 is 2.71 bits per heavy atom. The maximum Gasteiger partial charge on any atom is 0.121 e. The molecule has 1 aromatic heterocycles. The summed E-state index contributed by atoms with van der Waals surface area (Å²) in [7, 11) is 0. The third-order valence-corrected chi connectivity index (χ3v) is 3.48. The lowest BCUT2D eigenvalue weighted by atomic mass is 10.1. The molecule has 0 amide bonds. The summed E-state index contributed by atoms with van der Waals surface area (Å²) in [6.45, 7) is 6.30. The maximum atomic E-state index is 6.15. The van der Waals surface area contributed by atoms with E-state index in [0.717, 1.165) is 17.4 Å². The van der Waals surface area contributed by atoms with Crippen LogP contribution in [0.4, 0.5) is 0 Å². The lowest BCUT2D eigenvalue weighted by molar-refractivity contribution is 0.414. The average molecular weight is 193 g/mol. The summed E-state index contributed by atoms with van der Waals surface area (Å²) in [5, 5.41) is 0. The van der Waals surface area contributed by atoms with E-state index < -0.39 is 0 Å². The van der Waals surface area contributed by atoms with E-state index in [-0.39, 0.29) is 6.04 Å². The van der Waals surface area contributed by atoms with Crippen molar-refractivity contribution in [2.75, 3.05) is 0 Å². The Bertz CT molecular complexity index is 310. The first-order valence-corrected chi connectivity index (χ1v) is 5.46. The van der Waals surface area contributed by atoms with Gasteiger partial charge in [-0.1, -0.05) is 13.3 Å². The Morgan fingerprint density at radius 1 is 1.57 bits per heavy atom. The summed E-state index contributed by atoms with van der Waals surface area (Å²) in [6.07, 6.45) is 2.52. The van der Waals surface area contributed by atoms with Gasteiger partial charge >= 0.3 is 0 Å². The van der Waals surface area contributed by atoms with Crippen LogP contribution in [-0.4, -0.2) is 0 Å². The van der Waals surface area contributed by atoms with Gasteiger partial charge in [-0.15, -0.1) is 0 Å². The molecule has 3 unspecified atom stereocenters. The van der Waals surface area contributed by atoms with Crippen LogP contribution in [0.1, 0.15) is 42.9 Å². The molecule has 1 heterocycles. The summed E-state index contributed by atoms with van der Waals surface area (Å²) in [4.78, 5) is 0. The molecular weight excluding hydrogens is 174 g/mol. The van der Waals surface area contributed by atoms with Crippen molar-refractivity contribution in [1.29, 1.82) is 0 Å². The van der Waals surface area contributed by atoms with Crippen LogP contribution >= 0.6 is 0 Å². The van der Waals surface area contributed by atoms with Crippen molar-refractivity contribution in [3.63, 3.8) is 0 Å². The van der Waals surface area contributed by atoms with Crippen LogP contribution in [0, 0.1) is 25.7 Å². The van der Waals surface area contributed by atoms with Crippen molar-refractivity contribution in [2.45, 2.75) is 39.7 Å². The molecule has 1 fully saturated rings. The van der Waals surface area contributed by atoms with E-state index in [1.165, 1.54) is 18.4 Å². The third kappa shape index (κ3) is 1.59. The highest BCUT2D eigenvalue weighted by atomic mass is 16.3. The lowest BCUT2D eigenvalue weighted by Gasteiger charge is -2.06. The quantitative estimate of drug-likeness (QED) is 0.801. The van der Waals surface area contributed by atoms with Gasteiger partial charge in [0, 0.05) is 0 Å². The number of rotatable bonds is 3. The summed E-state index contributed by atoms with van der Waals surface area (Å²) >= 11 is 0. The minimum atomic E-state index is 0.118. The molecule has 14 heavy (non-hydrogen) atoms. The molecule has 2 N–H and O–H groups in total. The van der Waals surface area contributed by atoms with Gasteiger partial charge in [-0.2, -0.15) is 0 Å². The Labute approximate surface area is 85.5 Å². The first-order chi connectivity index (χ1) is 6.63. The van der Waals surface area contributed by atoms with Crippen molar-refractivity contribution in [2.24, 2.45) is 17.6 Å². The summed E-state index contributed by atoms with van der Waals surface area (Å²) in [6, 6.07) is 2.21. The number of nitrogens with two attached hydrogens (primary N) is 1. The van der Waals surface area contributed by atoms with Crippen LogP contribution in [0.15, 0.2) is 10.5 Å². The summed E-state index contributed by atoms with van der Waals surface area (Å²) in [5.41, 5.74) is 7.37. The second kappa shape index (κ2) is 3.43. The lowest BCUT2D eigenvalue weighted by Crippen LogP contribution is -2.12. The van der Waals surface area contributed by atoms with Crippen LogP contribution in [0.25, 0.3) is 0 Å². The van der Waals surface area contributed by atoms with Gasteiger partial charge in [-0.25, -0.2) is 0 Å². The molecule has 0 aliphatic heterocycles. The van der Waals surface area contributed by atoms with Crippen LogP contribution in [0.3, 0.4) is 0 Å². The molecule has 0 saturated heterocycles. The Hall–Kier alpha value is -0.760. The minimum absolute atomic E-state index is 0.118. The van der Waals surface area contributed by atoms with E-state index in [9.17, 15) is 0 Å². The zero-order valence-corrected chi connectivity index (χ0v) is 9.21. The Kier molecular flexibility index (Phi) is 2.40. The molecule has 1 aliphatic rings. The van der Waals surface area contributed by atoms with Crippen molar-refractivity contribution in [3.05, 3.63) is 23.2 Å². The normalized spacial score (nSPS) is 27.7. The standard InChI is InChI=1S/C12H19NO/c1-4-9-6-10(9)12(13)11-5-7(2)8(3)14-11/h5,9-10,12H,4,6,13H2,1-3H3. The average Bonchev–Trinajstić information content (AvgIpc) is 2.87. The fourth-order valence-corrected chi connectivity index (χ4v) is 2.16. The predicted molar refractivity (Wildman–Crippen MR) is 57.0 cm³/mol. The van der Waals surface area contributed by atoms with Gasteiger partial charge in [-0.05, 0) is 43.7 Å². The van der Waals surface area contributed by atoms with Crippen LogP contribution in [0.5, 0.6) is 0 Å². The van der Waals surface area contributed by atoms with Gasteiger partial charge < -0.3 is 10.2 Å². The van der Waals surface area contributed by atoms with E-state index in [4.69, 9.17) is 10.2 Å². The van der Waals surface area contributed by atoms with Crippen molar-refractivity contribution >= 4 is 0 Å². The molecular formula is C12H19NO. The zero-order chi connectivity index (χ0) is 10.3. The van der Waals surface area contributed by atoms with E-state index in [1.54, 1.807) is 0 Å². The van der Waals surface area contributed by atoms with Crippen molar-refractivity contribution in [3.8, 4) is 0 Å². The first-order valence-electron chi connectivity index (χ1n) is 5.46. The minimum Gasteiger partial charge on any atom is -0.464 e. The van der Waals surface area contributed by atoms with Crippen LogP contribution in [0.2, 0.25) is 0 Å². The van der Waals surface area contributed by atoms with Crippen LogP contribution in [-0.2, 0) is 0 Å². The SMILES string of the molecule is CCC1CC1C(N)c1cc(C)c(C)o1. The van der Waals surface area contributed by atoms with Crippen molar-refractivity contribution in [1.82, 2.24) is 0 Å². The van der Waals surface area contributed by atoms with Crippen LogP contribution < -0.4 is 5.73 Å². The van der Waals surface area contributed by atoms with Gasteiger partial charge in [0.2, 0.25) is 0 Å². The highest BCUT2D eigenvalue weighted by Gasteiger charge is 2.41. The second-order valence-corrected chi connectivity index (χ2v) is 4.48. The number of hydrogen-bond acceptors (Lipinski definition) is 2. The van der Waals surface area contributed by atoms with E-state index >= 15 is 0 Å². The molecule has 1 saturated carbocycles. The summed E-state index contributed by atoms with van der Waals surface area (Å²) < 4.78 is 5.65. The summed E-state index contributed by atoms with van der Waals surface area (Å²) in [5.74, 6) is 3.46. The predicted octanol–water partition coefficient (Wildman–Crippen LogP) is 2.94. The molecule has 2 rings (SSSR count). The second-order valence-electron chi connectivity index (χ2n) is 4.48. The molecule has 2 heteroatoms. The third-order valence-electron chi connectivity index (χ3n) is 3.48. The molecule has 3 atom stereocenters. The van der Waals surface area contributed by atoms with Crippen molar-refractivity contribution < 1.29 is 4.42 Å². The Morgan fingerprint density at radius 2 is 2.29 bits per heavy atom. The molecule has 2 nitrogen and oxygen atoms in total. The highest BCUT2D eigenvalue weighted by molar-refractivity contribution is 5.22. The zero-order valence-electron chi connectivity index (χ0n) is 9.21. The highest BCUT2D eigenvalue weighted by Crippen LogP contribution is 2.48. The van der Waals surface area contributed by atoms with E-state index in [2.05, 4.69) is 19.9 Å². The monoisotopic (exact) mass is 193 g/mol. The van der Waals surface area contributed by atoms with Gasteiger partial charge in [-0.3, -0.25) is 0 Å². The molecule has 78 valence electrons. The Balaban J connectivity index is 2.08. The topological polar surface area (TPSA) is 39.2 Å². The fourth-order valence-electron chi connectivity index (χ4n) is 2.16. The molecule has 0 radical (unpaired) electrons. The van der Waals surface area contributed by atoms with Gasteiger partial charge in [0.1, 0.15) is 11.5 Å². The molecule has 0 bridgehead atoms.